The third-order valence-corrected chi connectivity index (χ3v) is 10.4. The summed E-state index contributed by atoms with van der Waals surface area (Å²) in [5.41, 5.74) is 4.56. The van der Waals surface area contributed by atoms with E-state index in [1.54, 1.807) is 0 Å². The van der Waals surface area contributed by atoms with E-state index in [-0.39, 0.29) is 28.5 Å². The van der Waals surface area contributed by atoms with Crippen molar-refractivity contribution in [1.82, 2.24) is 4.90 Å². The van der Waals surface area contributed by atoms with Crippen molar-refractivity contribution in [2.45, 2.75) is 100 Å². The first-order valence-corrected chi connectivity index (χ1v) is 14.6. The third kappa shape index (κ3) is 4.22. The molecule has 3 aliphatic carbocycles. The Kier molecular flexibility index (Phi) is 7.15. The number of hydrogen-bond donors (Lipinski definition) is 0. The van der Waals surface area contributed by atoms with Crippen LogP contribution in [0.15, 0.2) is 28.4 Å². The van der Waals surface area contributed by atoms with Crippen LogP contribution >= 0.6 is 0 Å². The van der Waals surface area contributed by atoms with E-state index in [1.165, 1.54) is 6.92 Å². The Morgan fingerprint density at radius 1 is 1.00 bits per heavy atom. The van der Waals surface area contributed by atoms with Crippen LogP contribution in [0, 0.1) is 23.2 Å². The van der Waals surface area contributed by atoms with Gasteiger partial charge in [-0.2, -0.15) is 0 Å². The van der Waals surface area contributed by atoms with E-state index < -0.39 is 16.2 Å². The molecule has 4 rings (SSSR count). The SMILES string of the molecule is CC(=O)C1=C(C)CC2(C)CC3(C)Cc4c(C(=O)CCN(C)C)cc(C(C)(C)C)c(C)c4C(=O)C3=C(C)C2(C)C1=O. The molecule has 1 aromatic rings. The van der Waals surface area contributed by atoms with E-state index in [9.17, 15) is 19.2 Å². The minimum Gasteiger partial charge on any atom is -0.309 e. The minimum atomic E-state index is -0.949. The lowest BCUT2D eigenvalue weighted by Gasteiger charge is -2.59. The summed E-state index contributed by atoms with van der Waals surface area (Å²) in [5, 5.41) is 0. The number of allylic oxidation sites excluding steroid dienone is 4. The molecule has 0 fully saturated rings. The molecular weight excluding hydrogens is 498 g/mol. The molecule has 0 saturated carbocycles. The molecule has 5 heteroatoms. The summed E-state index contributed by atoms with van der Waals surface area (Å²) >= 11 is 0. The standard InChI is InChI=1S/C35H47NO4/c1-19-16-34(9)18-33(8)17-24-23(26(38)13-14-36(11)12)15-25(32(5,6)7)20(2)28(24)30(39)29(33)21(3)35(34,10)31(40)27(19)22(4)37/h15H,13-14,16-18H2,1-12H3. The highest BCUT2D eigenvalue weighted by molar-refractivity contribution is 6.24. The van der Waals surface area contributed by atoms with E-state index in [0.717, 1.165) is 27.8 Å². The first-order valence-electron chi connectivity index (χ1n) is 14.6. The molecule has 216 valence electrons. The Bertz CT molecular complexity index is 1430. The van der Waals surface area contributed by atoms with E-state index in [0.29, 0.717) is 54.5 Å². The number of ketones is 4. The fourth-order valence-electron chi connectivity index (χ4n) is 8.47. The lowest BCUT2D eigenvalue weighted by molar-refractivity contribution is -0.134. The van der Waals surface area contributed by atoms with Crippen molar-refractivity contribution >= 4 is 23.1 Å². The summed E-state index contributed by atoms with van der Waals surface area (Å²) in [6.45, 7) is 20.5. The topological polar surface area (TPSA) is 71.5 Å². The molecule has 3 atom stereocenters. The van der Waals surface area contributed by atoms with Crippen molar-refractivity contribution in [2.24, 2.45) is 16.2 Å². The maximum absolute atomic E-state index is 14.7. The Hall–Kier alpha value is -2.66. The molecule has 0 aromatic heterocycles. The van der Waals surface area contributed by atoms with E-state index in [4.69, 9.17) is 0 Å². The van der Waals surface area contributed by atoms with Crippen molar-refractivity contribution in [3.05, 3.63) is 56.2 Å². The maximum Gasteiger partial charge on any atom is 0.190 e. The van der Waals surface area contributed by atoms with Gasteiger partial charge in [0, 0.05) is 35.1 Å². The number of rotatable bonds is 5. The predicted octanol–water partition coefficient (Wildman–Crippen LogP) is 6.78. The molecule has 0 N–H and O–H groups in total. The Morgan fingerprint density at radius 3 is 2.12 bits per heavy atom. The van der Waals surface area contributed by atoms with Gasteiger partial charge in [0.1, 0.15) is 0 Å². The van der Waals surface area contributed by atoms with Gasteiger partial charge in [0.05, 0.1) is 11.0 Å². The van der Waals surface area contributed by atoms with Crippen molar-refractivity contribution in [3.8, 4) is 0 Å². The van der Waals surface area contributed by atoms with Crippen molar-refractivity contribution in [1.29, 1.82) is 0 Å². The lowest BCUT2D eigenvalue weighted by Crippen LogP contribution is -2.57. The average molecular weight is 546 g/mol. The van der Waals surface area contributed by atoms with Crippen molar-refractivity contribution < 1.29 is 19.2 Å². The Labute approximate surface area is 240 Å². The second-order valence-corrected chi connectivity index (χ2v) is 14.8. The summed E-state index contributed by atoms with van der Waals surface area (Å²) in [6.07, 6.45) is 2.23. The maximum atomic E-state index is 14.7. The van der Waals surface area contributed by atoms with Crippen LogP contribution < -0.4 is 0 Å². The number of Topliss-reactive ketones (excluding diaryl/α,β-unsaturated/α-hetero) is 4. The van der Waals surface area contributed by atoms with Crippen LogP contribution in [-0.2, 0) is 21.4 Å². The smallest absolute Gasteiger partial charge is 0.190 e. The van der Waals surface area contributed by atoms with Gasteiger partial charge in [-0.1, -0.05) is 45.8 Å². The highest BCUT2D eigenvalue weighted by Crippen LogP contribution is 2.66. The minimum absolute atomic E-state index is 0.0572. The van der Waals surface area contributed by atoms with Gasteiger partial charge in [0.25, 0.3) is 0 Å². The van der Waals surface area contributed by atoms with Gasteiger partial charge in [-0.25, -0.2) is 0 Å². The molecule has 3 unspecified atom stereocenters. The largest absolute Gasteiger partial charge is 0.309 e. The van der Waals surface area contributed by atoms with E-state index in [1.807, 2.05) is 46.7 Å². The van der Waals surface area contributed by atoms with Crippen LogP contribution in [0.25, 0.3) is 0 Å². The van der Waals surface area contributed by atoms with Gasteiger partial charge in [0.2, 0.25) is 0 Å². The van der Waals surface area contributed by atoms with Crippen LogP contribution in [0.1, 0.15) is 119 Å². The second-order valence-electron chi connectivity index (χ2n) is 14.8. The Balaban J connectivity index is 2.02. The molecule has 40 heavy (non-hydrogen) atoms. The molecule has 0 spiro atoms. The lowest BCUT2D eigenvalue weighted by atomic mass is 9.42. The average Bonchev–Trinajstić information content (AvgIpc) is 2.78. The first-order chi connectivity index (χ1) is 18.2. The molecule has 1 aromatic carbocycles. The highest BCUT2D eigenvalue weighted by atomic mass is 16.2. The number of nitrogens with zero attached hydrogens (tertiary/aromatic N) is 1. The zero-order chi connectivity index (χ0) is 30.3. The van der Waals surface area contributed by atoms with Crippen molar-refractivity contribution in [2.75, 3.05) is 20.6 Å². The van der Waals surface area contributed by atoms with Crippen LogP contribution in [0.3, 0.4) is 0 Å². The molecule has 0 amide bonds. The number of carbonyl (C=O) groups excluding carboxylic acids is 4. The number of fused-ring (bicyclic) bond motifs is 3. The van der Waals surface area contributed by atoms with Gasteiger partial charge in [0.15, 0.2) is 23.1 Å². The molecule has 3 aliphatic rings. The summed E-state index contributed by atoms with van der Waals surface area (Å²) in [6, 6.07) is 2.05. The number of hydrogen-bond acceptors (Lipinski definition) is 5. The van der Waals surface area contributed by atoms with Crippen LogP contribution in [0.4, 0.5) is 0 Å². The van der Waals surface area contributed by atoms with E-state index in [2.05, 4.69) is 40.7 Å². The van der Waals surface area contributed by atoms with Crippen LogP contribution in [-0.4, -0.2) is 48.7 Å². The molecule has 0 bridgehead atoms. The monoisotopic (exact) mass is 545 g/mol. The molecule has 0 radical (unpaired) electrons. The third-order valence-electron chi connectivity index (χ3n) is 10.4. The van der Waals surface area contributed by atoms with Gasteiger partial charge < -0.3 is 4.90 Å². The highest BCUT2D eigenvalue weighted by Gasteiger charge is 2.63. The van der Waals surface area contributed by atoms with Gasteiger partial charge in [-0.15, -0.1) is 0 Å². The zero-order valence-electron chi connectivity index (χ0n) is 26.7. The number of benzene rings is 1. The normalized spacial score (nSPS) is 28.5. The Morgan fingerprint density at radius 2 is 1.60 bits per heavy atom. The summed E-state index contributed by atoms with van der Waals surface area (Å²) in [4.78, 5) is 57.2. The zero-order valence-corrected chi connectivity index (χ0v) is 26.7. The molecule has 0 saturated heterocycles. The summed E-state index contributed by atoms with van der Waals surface area (Å²) in [7, 11) is 3.92. The van der Waals surface area contributed by atoms with E-state index >= 15 is 0 Å². The van der Waals surface area contributed by atoms with Gasteiger partial charge in [-0.05, 0) is 102 Å². The second kappa shape index (κ2) is 9.44. The van der Waals surface area contributed by atoms with Gasteiger partial charge >= 0.3 is 0 Å². The summed E-state index contributed by atoms with van der Waals surface area (Å²) < 4.78 is 0. The quantitative estimate of drug-likeness (QED) is 0.301. The van der Waals surface area contributed by atoms with Crippen LogP contribution in [0.5, 0.6) is 0 Å². The summed E-state index contributed by atoms with van der Waals surface area (Å²) in [5.74, 6) is -0.348. The fraction of sp³-hybridized carbons (Fsp3) is 0.600. The predicted molar refractivity (Wildman–Crippen MR) is 160 cm³/mol. The molecular formula is C35H47NO4. The van der Waals surface area contributed by atoms with Crippen molar-refractivity contribution in [3.63, 3.8) is 0 Å². The fourth-order valence-corrected chi connectivity index (χ4v) is 8.47. The molecule has 0 aliphatic heterocycles. The first kappa shape index (κ1) is 30.3. The van der Waals surface area contributed by atoms with Gasteiger partial charge in [-0.3, -0.25) is 19.2 Å². The van der Waals surface area contributed by atoms with Crippen LogP contribution in [0.2, 0.25) is 0 Å². The number of carbonyl (C=O) groups is 4. The molecule has 0 heterocycles. The molecule has 5 nitrogen and oxygen atoms in total.